The zero-order valence-corrected chi connectivity index (χ0v) is 13.7. The number of likely N-dealkylation sites (tertiary alicyclic amines) is 1. The molecule has 21 heavy (non-hydrogen) atoms. The number of amides is 1. The highest BCUT2D eigenvalue weighted by Crippen LogP contribution is 2.31. The van der Waals surface area contributed by atoms with E-state index >= 15 is 0 Å². The fraction of sp³-hybridized carbons (Fsp3) is 0.429. The Hall–Kier alpha value is -0.910. The maximum atomic E-state index is 12.0. The summed E-state index contributed by atoms with van der Waals surface area (Å²) in [5, 5.41) is 10.1. The summed E-state index contributed by atoms with van der Waals surface area (Å²) in [6, 6.07) is 5.13. The highest BCUT2D eigenvalue weighted by atomic mass is 35.5. The number of rotatable bonds is 5. The predicted octanol–water partition coefficient (Wildman–Crippen LogP) is 3.26. The number of halogens is 2. The van der Waals surface area contributed by atoms with Crippen LogP contribution in [0.3, 0.4) is 0 Å². The van der Waals surface area contributed by atoms with Crippen LogP contribution in [0.1, 0.15) is 6.92 Å². The van der Waals surface area contributed by atoms with Gasteiger partial charge in [-0.05, 0) is 18.2 Å². The number of carboxylic acid groups (broad SMARTS) is 1. The third-order valence-electron chi connectivity index (χ3n) is 3.60. The molecule has 1 aliphatic heterocycles. The van der Waals surface area contributed by atoms with Crippen molar-refractivity contribution >= 4 is 46.8 Å². The van der Waals surface area contributed by atoms with Gasteiger partial charge in [-0.25, -0.2) is 0 Å². The first kappa shape index (κ1) is 16.5. The fourth-order valence-electron chi connectivity index (χ4n) is 2.05. The summed E-state index contributed by atoms with van der Waals surface area (Å²) in [7, 11) is 0. The highest BCUT2D eigenvalue weighted by Gasteiger charge is 2.36. The lowest BCUT2D eigenvalue weighted by atomic mass is 9.87. The molecule has 4 nitrogen and oxygen atoms in total. The molecule has 1 fully saturated rings. The van der Waals surface area contributed by atoms with Crippen LogP contribution in [-0.4, -0.2) is 40.7 Å². The summed E-state index contributed by atoms with van der Waals surface area (Å²) in [5.74, 6) is -0.916. The smallest absolute Gasteiger partial charge is 0.306 e. The molecule has 1 N–H and O–H groups in total. The number of benzene rings is 1. The number of hydrogen-bond donors (Lipinski definition) is 1. The van der Waals surface area contributed by atoms with Crippen molar-refractivity contribution in [1.82, 2.24) is 4.90 Å². The van der Waals surface area contributed by atoms with Gasteiger partial charge in [0, 0.05) is 28.9 Å². The normalized spacial score (nSPS) is 16.4. The Balaban J connectivity index is 1.82. The summed E-state index contributed by atoms with van der Waals surface area (Å²) in [6.07, 6.45) is 0. The van der Waals surface area contributed by atoms with Gasteiger partial charge in [-0.15, -0.1) is 11.8 Å². The van der Waals surface area contributed by atoms with Crippen molar-refractivity contribution in [3.63, 3.8) is 0 Å². The van der Waals surface area contributed by atoms with Crippen molar-refractivity contribution < 1.29 is 14.7 Å². The molecule has 0 spiro atoms. The molecule has 1 aromatic rings. The average molecular weight is 348 g/mol. The number of carbonyl (C=O) groups excluding carboxylic acids is 1. The monoisotopic (exact) mass is 347 g/mol. The first-order chi connectivity index (χ1) is 9.88. The van der Waals surface area contributed by atoms with E-state index in [1.807, 2.05) is 0 Å². The van der Waals surface area contributed by atoms with Crippen LogP contribution in [0.4, 0.5) is 0 Å². The van der Waals surface area contributed by atoms with Gasteiger partial charge >= 0.3 is 5.97 Å². The molecule has 1 heterocycles. The zero-order chi connectivity index (χ0) is 15.6. The van der Waals surface area contributed by atoms with Crippen LogP contribution < -0.4 is 0 Å². The van der Waals surface area contributed by atoms with E-state index < -0.39 is 11.9 Å². The van der Waals surface area contributed by atoms with Crippen LogP contribution in [0, 0.1) is 11.8 Å². The molecule has 0 bridgehead atoms. The van der Waals surface area contributed by atoms with Gasteiger partial charge < -0.3 is 10.0 Å². The molecule has 114 valence electrons. The number of aliphatic carboxylic acids is 1. The minimum absolute atomic E-state index is 0.00937. The molecule has 0 radical (unpaired) electrons. The Morgan fingerprint density at radius 1 is 1.43 bits per heavy atom. The lowest BCUT2D eigenvalue weighted by molar-refractivity contribution is -0.149. The molecule has 7 heteroatoms. The second-order valence-corrected chi connectivity index (χ2v) is 6.91. The largest absolute Gasteiger partial charge is 0.481 e. The Bertz CT molecular complexity index is 561. The first-order valence-corrected chi connectivity index (χ1v) is 8.21. The number of carbonyl (C=O) groups is 2. The number of thioether (sulfide) groups is 1. The SMILES string of the molecule is CC(C(=O)O)C1CN(C(=O)CSc2cc(Cl)ccc2Cl)C1. The van der Waals surface area contributed by atoms with Gasteiger partial charge in [0.15, 0.2) is 0 Å². The van der Waals surface area contributed by atoms with Gasteiger partial charge in [0.2, 0.25) is 5.91 Å². The molecule has 1 atom stereocenters. The van der Waals surface area contributed by atoms with E-state index in [1.165, 1.54) is 11.8 Å². The Kier molecular flexibility index (Phi) is 5.41. The Labute approximate surface area is 137 Å². The molecular weight excluding hydrogens is 333 g/mol. The minimum Gasteiger partial charge on any atom is -0.481 e. The first-order valence-electron chi connectivity index (χ1n) is 6.47. The van der Waals surface area contributed by atoms with Crippen LogP contribution in [0.5, 0.6) is 0 Å². The summed E-state index contributed by atoms with van der Waals surface area (Å²) < 4.78 is 0. The van der Waals surface area contributed by atoms with Gasteiger partial charge in [0.05, 0.1) is 16.7 Å². The molecule has 0 saturated carbocycles. The van der Waals surface area contributed by atoms with E-state index in [1.54, 1.807) is 30.0 Å². The van der Waals surface area contributed by atoms with Crippen molar-refractivity contribution in [3.05, 3.63) is 28.2 Å². The highest BCUT2D eigenvalue weighted by molar-refractivity contribution is 8.00. The Morgan fingerprint density at radius 2 is 2.10 bits per heavy atom. The van der Waals surface area contributed by atoms with Crippen LogP contribution in [0.15, 0.2) is 23.1 Å². The van der Waals surface area contributed by atoms with E-state index in [-0.39, 0.29) is 17.6 Å². The predicted molar refractivity (Wildman–Crippen MR) is 84.1 cm³/mol. The van der Waals surface area contributed by atoms with Crippen molar-refractivity contribution in [3.8, 4) is 0 Å². The molecule has 1 amide bonds. The average Bonchev–Trinajstić information content (AvgIpc) is 2.37. The zero-order valence-electron chi connectivity index (χ0n) is 11.4. The van der Waals surface area contributed by atoms with Crippen LogP contribution >= 0.6 is 35.0 Å². The summed E-state index contributed by atoms with van der Waals surface area (Å²) in [6.45, 7) is 2.70. The van der Waals surface area contributed by atoms with Gasteiger partial charge in [-0.1, -0.05) is 30.1 Å². The standard InChI is InChI=1S/C14H15Cl2NO3S/c1-8(14(19)20)9-5-17(6-9)13(18)7-21-12-4-10(15)2-3-11(12)16/h2-4,8-9H,5-7H2,1H3,(H,19,20). The Morgan fingerprint density at radius 3 is 2.71 bits per heavy atom. The second kappa shape index (κ2) is 6.90. The van der Waals surface area contributed by atoms with Crippen LogP contribution in [0.2, 0.25) is 10.0 Å². The quantitative estimate of drug-likeness (QED) is 0.830. The van der Waals surface area contributed by atoms with Crippen LogP contribution in [0.25, 0.3) is 0 Å². The van der Waals surface area contributed by atoms with Crippen molar-refractivity contribution in [1.29, 1.82) is 0 Å². The molecular formula is C14H15Cl2NO3S. The second-order valence-electron chi connectivity index (χ2n) is 5.05. The van der Waals surface area contributed by atoms with Crippen LogP contribution in [-0.2, 0) is 9.59 Å². The van der Waals surface area contributed by atoms with Crippen molar-refractivity contribution in [2.24, 2.45) is 11.8 Å². The maximum Gasteiger partial charge on any atom is 0.306 e. The number of hydrogen-bond acceptors (Lipinski definition) is 3. The number of carboxylic acids is 1. The van der Waals surface area contributed by atoms with E-state index in [4.69, 9.17) is 28.3 Å². The fourth-order valence-corrected chi connectivity index (χ4v) is 3.45. The third-order valence-corrected chi connectivity index (χ3v) is 5.32. The molecule has 1 unspecified atom stereocenters. The lowest BCUT2D eigenvalue weighted by Crippen LogP contribution is -2.54. The maximum absolute atomic E-state index is 12.0. The lowest BCUT2D eigenvalue weighted by Gasteiger charge is -2.41. The molecule has 1 aromatic carbocycles. The van der Waals surface area contributed by atoms with E-state index in [2.05, 4.69) is 0 Å². The van der Waals surface area contributed by atoms with Gasteiger partial charge in [-0.3, -0.25) is 9.59 Å². The van der Waals surface area contributed by atoms with Gasteiger partial charge in [0.25, 0.3) is 0 Å². The van der Waals surface area contributed by atoms with Gasteiger partial charge in [-0.2, -0.15) is 0 Å². The number of nitrogens with zero attached hydrogens (tertiary/aromatic N) is 1. The van der Waals surface area contributed by atoms with Gasteiger partial charge in [0.1, 0.15) is 0 Å². The molecule has 0 aliphatic carbocycles. The summed E-state index contributed by atoms with van der Waals surface area (Å²) in [5.41, 5.74) is 0. The minimum atomic E-state index is -0.813. The summed E-state index contributed by atoms with van der Waals surface area (Å²) in [4.78, 5) is 25.3. The summed E-state index contributed by atoms with van der Waals surface area (Å²) >= 11 is 13.3. The molecule has 2 rings (SSSR count). The van der Waals surface area contributed by atoms with Crippen molar-refractivity contribution in [2.45, 2.75) is 11.8 Å². The molecule has 1 aliphatic rings. The van der Waals surface area contributed by atoms with E-state index in [0.717, 1.165) is 4.90 Å². The van der Waals surface area contributed by atoms with E-state index in [9.17, 15) is 9.59 Å². The van der Waals surface area contributed by atoms with Crippen molar-refractivity contribution in [2.75, 3.05) is 18.8 Å². The topological polar surface area (TPSA) is 57.6 Å². The molecule has 1 saturated heterocycles. The third kappa shape index (κ3) is 4.05. The van der Waals surface area contributed by atoms with E-state index in [0.29, 0.717) is 23.1 Å². The molecule has 0 aromatic heterocycles.